The molecule has 3 rings (SSSR count). The molecule has 0 radical (unpaired) electrons. The van der Waals surface area contributed by atoms with Crippen molar-refractivity contribution in [3.05, 3.63) is 57.6 Å². The second-order valence-electron chi connectivity index (χ2n) is 9.76. The van der Waals surface area contributed by atoms with E-state index in [4.69, 9.17) is 23.2 Å². The highest BCUT2D eigenvalue weighted by molar-refractivity contribution is 7.89. The van der Waals surface area contributed by atoms with Crippen molar-refractivity contribution in [3.63, 3.8) is 0 Å². The molecule has 1 fully saturated rings. The van der Waals surface area contributed by atoms with Crippen LogP contribution in [0.1, 0.15) is 36.8 Å². The molecule has 2 N–H and O–H groups in total. The number of carbonyl (C=O) groups is 2. The number of phenolic OH excluding ortho intramolecular Hbond substituents is 1. The summed E-state index contributed by atoms with van der Waals surface area (Å²) in [4.78, 5) is 29.6. The van der Waals surface area contributed by atoms with Gasteiger partial charge in [-0.15, -0.1) is 0 Å². The van der Waals surface area contributed by atoms with Crippen molar-refractivity contribution in [2.45, 2.75) is 44.0 Å². The van der Waals surface area contributed by atoms with Gasteiger partial charge in [0.25, 0.3) is 0 Å². The lowest BCUT2D eigenvalue weighted by molar-refractivity contribution is -0.133. The largest absolute Gasteiger partial charge is 0.508 e. The Labute approximate surface area is 240 Å². The fraction of sp³-hybridized carbons (Fsp3) is 0.481. The minimum absolute atomic E-state index is 0.000426. The zero-order valence-electron chi connectivity index (χ0n) is 22.3. The summed E-state index contributed by atoms with van der Waals surface area (Å²) in [6.07, 6.45) is 4.24. The number of hydrogen-bond donors (Lipinski definition) is 2. The third-order valence-electron chi connectivity index (χ3n) is 6.79. The van der Waals surface area contributed by atoms with Crippen LogP contribution in [0.5, 0.6) is 5.75 Å². The number of likely N-dealkylation sites (N-methyl/N-ethyl adjacent to an activating group) is 1. The minimum Gasteiger partial charge on any atom is -0.508 e. The van der Waals surface area contributed by atoms with E-state index in [1.165, 1.54) is 32.0 Å². The van der Waals surface area contributed by atoms with Crippen LogP contribution in [-0.4, -0.2) is 85.8 Å². The Balaban J connectivity index is 1.57. The van der Waals surface area contributed by atoms with Gasteiger partial charge in [-0.1, -0.05) is 35.3 Å². The summed E-state index contributed by atoms with van der Waals surface area (Å²) in [7, 11) is -2.79. The molecule has 1 aliphatic heterocycles. The number of nitrogens with one attached hydrogen (secondary N) is 1. The van der Waals surface area contributed by atoms with Gasteiger partial charge in [0.15, 0.2) is 0 Å². The molecule has 0 bridgehead atoms. The summed E-state index contributed by atoms with van der Waals surface area (Å²) in [5.41, 5.74) is 1.28. The molecule has 39 heavy (non-hydrogen) atoms. The van der Waals surface area contributed by atoms with E-state index in [9.17, 15) is 23.1 Å². The van der Waals surface area contributed by atoms with Gasteiger partial charge < -0.3 is 20.2 Å². The molecule has 1 aliphatic rings. The Kier molecular flexibility index (Phi) is 11.4. The van der Waals surface area contributed by atoms with Crippen LogP contribution in [0.2, 0.25) is 10.0 Å². The van der Waals surface area contributed by atoms with E-state index in [-0.39, 0.29) is 28.1 Å². The van der Waals surface area contributed by atoms with Crippen LogP contribution in [0.25, 0.3) is 0 Å². The molecule has 214 valence electrons. The maximum Gasteiger partial charge on any atom is 0.244 e. The van der Waals surface area contributed by atoms with E-state index in [0.717, 1.165) is 42.3 Å². The lowest BCUT2D eigenvalue weighted by Gasteiger charge is -2.24. The first-order valence-corrected chi connectivity index (χ1v) is 15.1. The number of likely N-dealkylation sites (tertiary alicyclic amines) is 1. The van der Waals surface area contributed by atoms with Gasteiger partial charge in [-0.3, -0.25) is 9.59 Å². The van der Waals surface area contributed by atoms with Crippen molar-refractivity contribution < 1.29 is 23.1 Å². The number of hydrogen-bond acceptors (Lipinski definition) is 6. The minimum atomic E-state index is -4.06. The van der Waals surface area contributed by atoms with Crippen LogP contribution in [0.3, 0.4) is 0 Å². The average Bonchev–Trinajstić information content (AvgIpc) is 3.42. The summed E-state index contributed by atoms with van der Waals surface area (Å²) < 4.78 is 26.9. The molecule has 0 unspecified atom stereocenters. The zero-order valence-corrected chi connectivity index (χ0v) is 24.7. The number of sulfonamides is 1. The molecule has 0 aliphatic carbocycles. The summed E-state index contributed by atoms with van der Waals surface area (Å²) in [5, 5.41) is 12.5. The SMILES string of the molecule is Cc1c(Cl)ccc(S(=O)(=O)N(C)CC(=O)NCC(=O)N(CCCCN2CCCC2)Cc2ccc(O)cc2)c1Cl. The first-order chi connectivity index (χ1) is 18.5. The van der Waals surface area contributed by atoms with Gasteiger partial charge in [0.1, 0.15) is 10.6 Å². The van der Waals surface area contributed by atoms with Crippen LogP contribution in [-0.2, 0) is 26.2 Å². The highest BCUT2D eigenvalue weighted by Crippen LogP contribution is 2.31. The van der Waals surface area contributed by atoms with Crippen LogP contribution in [0, 0.1) is 6.92 Å². The van der Waals surface area contributed by atoms with Gasteiger partial charge in [-0.2, -0.15) is 4.31 Å². The average molecular weight is 600 g/mol. The van der Waals surface area contributed by atoms with Gasteiger partial charge >= 0.3 is 0 Å². The van der Waals surface area contributed by atoms with Crippen LogP contribution >= 0.6 is 23.2 Å². The Morgan fingerprint density at radius 1 is 1.05 bits per heavy atom. The molecule has 2 aromatic carbocycles. The summed E-state index contributed by atoms with van der Waals surface area (Å²) in [6, 6.07) is 9.38. The van der Waals surface area contributed by atoms with E-state index in [1.54, 1.807) is 36.1 Å². The van der Waals surface area contributed by atoms with E-state index < -0.39 is 22.5 Å². The molecule has 0 atom stereocenters. The van der Waals surface area contributed by atoms with E-state index >= 15 is 0 Å². The van der Waals surface area contributed by atoms with Gasteiger partial charge in [-0.25, -0.2) is 8.42 Å². The number of halogens is 2. The number of aromatic hydroxyl groups is 1. The lowest BCUT2D eigenvalue weighted by atomic mass is 10.2. The molecule has 1 saturated heterocycles. The second-order valence-corrected chi connectivity index (χ2v) is 12.6. The van der Waals surface area contributed by atoms with Gasteiger partial charge in [0.05, 0.1) is 18.1 Å². The van der Waals surface area contributed by atoms with Gasteiger partial charge in [-0.05, 0) is 87.6 Å². The molecule has 9 nitrogen and oxygen atoms in total. The first-order valence-electron chi connectivity index (χ1n) is 12.9. The third kappa shape index (κ3) is 8.81. The Hall–Kier alpha value is -2.37. The third-order valence-corrected chi connectivity index (χ3v) is 9.64. The topological polar surface area (TPSA) is 110 Å². The quantitative estimate of drug-likeness (QED) is 0.341. The molecule has 0 spiro atoms. The van der Waals surface area contributed by atoms with E-state index in [0.29, 0.717) is 23.7 Å². The van der Waals surface area contributed by atoms with E-state index in [2.05, 4.69) is 10.2 Å². The Bertz CT molecular complexity index is 1250. The van der Waals surface area contributed by atoms with Crippen molar-refractivity contribution in [1.29, 1.82) is 0 Å². The number of rotatable bonds is 13. The molecule has 1 heterocycles. The summed E-state index contributed by atoms with van der Waals surface area (Å²) in [6.45, 7) is 4.95. The monoisotopic (exact) mass is 598 g/mol. The number of carbonyl (C=O) groups excluding carboxylic acids is 2. The Morgan fingerprint density at radius 3 is 2.38 bits per heavy atom. The molecule has 12 heteroatoms. The summed E-state index contributed by atoms with van der Waals surface area (Å²) >= 11 is 12.2. The standard InChI is InChI=1S/C27H36Cl2N4O5S/c1-20-23(28)11-12-24(27(20)29)39(37,38)31(2)19-25(35)30-17-26(36)33(18-21-7-9-22(34)10-8-21)16-6-5-15-32-13-3-4-14-32/h7-12,34H,3-6,13-19H2,1-2H3,(H,30,35). The highest BCUT2D eigenvalue weighted by atomic mass is 35.5. The molecule has 0 saturated carbocycles. The van der Waals surface area contributed by atoms with Gasteiger partial charge in [0.2, 0.25) is 21.8 Å². The predicted molar refractivity (Wildman–Crippen MR) is 152 cm³/mol. The smallest absolute Gasteiger partial charge is 0.244 e. The lowest BCUT2D eigenvalue weighted by Crippen LogP contribution is -2.44. The second kappa shape index (κ2) is 14.3. The molecular weight excluding hydrogens is 563 g/mol. The molecule has 2 aromatic rings. The number of nitrogens with zero attached hydrogens (tertiary/aromatic N) is 3. The fourth-order valence-electron chi connectivity index (χ4n) is 4.39. The van der Waals surface area contributed by atoms with Crippen LogP contribution in [0.4, 0.5) is 0 Å². The van der Waals surface area contributed by atoms with Crippen molar-refractivity contribution in [2.24, 2.45) is 0 Å². The van der Waals surface area contributed by atoms with Gasteiger partial charge in [0, 0.05) is 25.2 Å². The fourth-order valence-corrected chi connectivity index (χ4v) is 6.30. The highest BCUT2D eigenvalue weighted by Gasteiger charge is 2.27. The van der Waals surface area contributed by atoms with Crippen molar-refractivity contribution >= 4 is 45.0 Å². The number of unbranched alkanes of at least 4 members (excludes halogenated alkanes) is 1. The van der Waals surface area contributed by atoms with Crippen molar-refractivity contribution in [2.75, 3.05) is 46.3 Å². The van der Waals surface area contributed by atoms with Crippen molar-refractivity contribution in [1.82, 2.24) is 19.4 Å². The van der Waals surface area contributed by atoms with Crippen LogP contribution < -0.4 is 5.32 Å². The maximum absolute atomic E-state index is 13.1. The first kappa shape index (κ1) is 31.2. The van der Waals surface area contributed by atoms with Crippen LogP contribution in [0.15, 0.2) is 41.3 Å². The summed E-state index contributed by atoms with van der Waals surface area (Å²) in [5.74, 6) is -0.752. The number of benzene rings is 2. The number of phenols is 1. The molecular formula is C27H36Cl2N4O5S. The number of amides is 2. The maximum atomic E-state index is 13.1. The Morgan fingerprint density at radius 2 is 1.72 bits per heavy atom. The van der Waals surface area contributed by atoms with Crippen molar-refractivity contribution in [3.8, 4) is 5.75 Å². The molecule has 0 aromatic heterocycles. The zero-order chi connectivity index (χ0) is 28.6. The molecule has 2 amide bonds. The van der Waals surface area contributed by atoms with E-state index in [1.807, 2.05) is 0 Å². The predicted octanol–water partition coefficient (Wildman–Crippen LogP) is 3.65. The normalized spacial score (nSPS) is 14.1.